The Hall–Kier alpha value is -2.98. The number of benzene rings is 2. The number of carbonyl (C=O) groups excluding carboxylic acids is 2. The number of sulfonamides is 1. The van der Waals surface area contributed by atoms with Crippen LogP contribution in [-0.4, -0.2) is 62.4 Å². The molecular weight excluding hydrogens is 447 g/mol. The smallest absolute Gasteiger partial charge is 0.321 e. The van der Waals surface area contributed by atoms with Crippen molar-refractivity contribution in [2.45, 2.75) is 36.6 Å². The summed E-state index contributed by atoms with van der Waals surface area (Å²) in [5.74, 6) is -0.655. The van der Waals surface area contributed by atoms with Gasteiger partial charge in [-0.1, -0.05) is 18.9 Å². The highest BCUT2D eigenvalue weighted by Crippen LogP contribution is 2.21. The van der Waals surface area contributed by atoms with Crippen molar-refractivity contribution in [2.75, 3.05) is 31.5 Å². The van der Waals surface area contributed by atoms with E-state index in [4.69, 9.17) is 0 Å². The van der Waals surface area contributed by atoms with Crippen LogP contribution in [0.2, 0.25) is 0 Å². The summed E-state index contributed by atoms with van der Waals surface area (Å²) in [5.41, 5.74) is 0.789. The lowest BCUT2D eigenvalue weighted by Gasteiger charge is -2.34. The van der Waals surface area contributed by atoms with E-state index in [2.05, 4.69) is 10.0 Å². The molecule has 4 rings (SSSR count). The number of nitrogens with zero attached hydrogens (tertiary/aromatic N) is 2. The van der Waals surface area contributed by atoms with Crippen molar-refractivity contribution in [3.05, 3.63) is 59.9 Å². The van der Waals surface area contributed by atoms with Gasteiger partial charge in [-0.15, -0.1) is 0 Å². The maximum atomic E-state index is 13.0. The summed E-state index contributed by atoms with van der Waals surface area (Å²) in [5, 5.41) is 2.71. The van der Waals surface area contributed by atoms with Crippen LogP contribution >= 0.6 is 0 Å². The Kier molecular flexibility index (Phi) is 6.94. The zero-order chi connectivity index (χ0) is 23.4. The van der Waals surface area contributed by atoms with E-state index in [9.17, 15) is 22.4 Å². The molecule has 0 bridgehead atoms. The van der Waals surface area contributed by atoms with Crippen LogP contribution in [0.25, 0.3) is 0 Å². The van der Waals surface area contributed by atoms with Gasteiger partial charge in [0.05, 0.1) is 4.90 Å². The summed E-state index contributed by atoms with van der Waals surface area (Å²) in [7, 11) is -3.69. The van der Waals surface area contributed by atoms with E-state index in [1.54, 1.807) is 21.9 Å². The first-order valence-corrected chi connectivity index (χ1v) is 12.5. The van der Waals surface area contributed by atoms with Gasteiger partial charge in [-0.25, -0.2) is 22.3 Å². The maximum absolute atomic E-state index is 13.0. The second-order valence-corrected chi connectivity index (χ2v) is 10.1. The molecule has 1 aliphatic carbocycles. The molecule has 1 heterocycles. The molecule has 176 valence electrons. The summed E-state index contributed by atoms with van der Waals surface area (Å²) in [4.78, 5) is 28.7. The Labute approximate surface area is 192 Å². The van der Waals surface area contributed by atoms with Gasteiger partial charge in [0.25, 0.3) is 5.91 Å². The van der Waals surface area contributed by atoms with Gasteiger partial charge in [-0.3, -0.25) is 4.79 Å². The van der Waals surface area contributed by atoms with Crippen LogP contribution in [0, 0.1) is 5.82 Å². The lowest BCUT2D eigenvalue weighted by atomic mass is 10.2. The maximum Gasteiger partial charge on any atom is 0.321 e. The monoisotopic (exact) mass is 474 g/mol. The van der Waals surface area contributed by atoms with Crippen LogP contribution in [0.4, 0.5) is 14.9 Å². The Morgan fingerprint density at radius 2 is 1.55 bits per heavy atom. The van der Waals surface area contributed by atoms with E-state index >= 15 is 0 Å². The van der Waals surface area contributed by atoms with Crippen molar-refractivity contribution in [3.8, 4) is 0 Å². The molecule has 10 heteroatoms. The van der Waals surface area contributed by atoms with Crippen molar-refractivity contribution < 1.29 is 22.4 Å². The first kappa shape index (κ1) is 23.2. The highest BCUT2D eigenvalue weighted by molar-refractivity contribution is 7.89. The van der Waals surface area contributed by atoms with Crippen molar-refractivity contribution >= 4 is 27.6 Å². The summed E-state index contributed by atoms with van der Waals surface area (Å²) in [6, 6.07) is 11.2. The number of piperazine rings is 1. The molecule has 2 aromatic rings. The SMILES string of the molecule is O=C(Nc1ccc(F)cc1)N1CCN(C(=O)c2cccc(S(=O)(=O)NC3CCCC3)c2)CC1. The van der Waals surface area contributed by atoms with Gasteiger partial charge < -0.3 is 15.1 Å². The number of nitrogens with one attached hydrogen (secondary N) is 2. The molecule has 0 spiro atoms. The quantitative estimate of drug-likeness (QED) is 0.696. The number of anilines is 1. The molecule has 1 aliphatic heterocycles. The second-order valence-electron chi connectivity index (χ2n) is 8.35. The fraction of sp³-hybridized carbons (Fsp3) is 0.391. The Balaban J connectivity index is 1.35. The fourth-order valence-electron chi connectivity index (χ4n) is 4.16. The second kappa shape index (κ2) is 9.88. The van der Waals surface area contributed by atoms with Crippen LogP contribution < -0.4 is 10.0 Å². The molecule has 1 saturated heterocycles. The molecule has 0 radical (unpaired) electrons. The summed E-state index contributed by atoms with van der Waals surface area (Å²) < 4.78 is 41.2. The zero-order valence-corrected chi connectivity index (χ0v) is 19.0. The lowest BCUT2D eigenvalue weighted by Crippen LogP contribution is -2.51. The normalized spacial score (nSPS) is 17.2. The molecule has 1 saturated carbocycles. The third kappa shape index (κ3) is 5.69. The van der Waals surface area contributed by atoms with Gasteiger partial charge in [-0.05, 0) is 55.3 Å². The van der Waals surface area contributed by atoms with Crippen molar-refractivity contribution in [2.24, 2.45) is 0 Å². The van der Waals surface area contributed by atoms with E-state index in [1.807, 2.05) is 0 Å². The fourth-order valence-corrected chi connectivity index (χ4v) is 5.51. The van der Waals surface area contributed by atoms with Crippen LogP contribution in [-0.2, 0) is 10.0 Å². The van der Waals surface area contributed by atoms with E-state index in [0.29, 0.717) is 37.4 Å². The Bertz CT molecular complexity index is 1110. The van der Waals surface area contributed by atoms with Crippen LogP contribution in [0.5, 0.6) is 0 Å². The van der Waals surface area contributed by atoms with E-state index in [1.165, 1.54) is 36.4 Å². The molecular formula is C23H27FN4O4S. The minimum Gasteiger partial charge on any atom is -0.335 e. The molecule has 3 amide bonds. The van der Waals surface area contributed by atoms with Gasteiger partial charge in [-0.2, -0.15) is 0 Å². The standard InChI is InChI=1S/C23H27FN4O4S/c24-18-8-10-19(11-9-18)25-23(30)28-14-12-27(13-15-28)22(29)17-4-3-7-21(16-17)33(31,32)26-20-5-1-2-6-20/h3-4,7-11,16,20,26H,1-2,5-6,12-15H2,(H,25,30). The first-order valence-electron chi connectivity index (χ1n) is 11.0. The number of amides is 3. The van der Waals surface area contributed by atoms with Crippen LogP contribution in [0.1, 0.15) is 36.0 Å². The number of carbonyl (C=O) groups is 2. The topological polar surface area (TPSA) is 98.8 Å². The predicted molar refractivity (Wildman–Crippen MR) is 122 cm³/mol. The molecule has 0 unspecified atom stereocenters. The molecule has 8 nitrogen and oxygen atoms in total. The number of halogens is 1. The number of urea groups is 1. The Morgan fingerprint density at radius 3 is 2.21 bits per heavy atom. The van der Waals surface area contributed by atoms with Crippen molar-refractivity contribution in [1.82, 2.24) is 14.5 Å². The molecule has 2 aromatic carbocycles. The van der Waals surface area contributed by atoms with Crippen molar-refractivity contribution in [3.63, 3.8) is 0 Å². The largest absolute Gasteiger partial charge is 0.335 e. The van der Waals surface area contributed by atoms with E-state index < -0.39 is 10.0 Å². The number of rotatable bonds is 5. The molecule has 2 fully saturated rings. The lowest BCUT2D eigenvalue weighted by molar-refractivity contribution is 0.0671. The third-order valence-electron chi connectivity index (χ3n) is 6.02. The summed E-state index contributed by atoms with van der Waals surface area (Å²) >= 11 is 0. The summed E-state index contributed by atoms with van der Waals surface area (Å²) in [6.07, 6.45) is 3.69. The van der Waals surface area contributed by atoms with E-state index in [0.717, 1.165) is 25.7 Å². The highest BCUT2D eigenvalue weighted by atomic mass is 32.2. The van der Waals surface area contributed by atoms with Gasteiger partial charge in [0.2, 0.25) is 10.0 Å². The minimum atomic E-state index is -3.69. The van der Waals surface area contributed by atoms with Gasteiger partial charge in [0.1, 0.15) is 5.82 Å². The number of hydrogen-bond donors (Lipinski definition) is 2. The highest BCUT2D eigenvalue weighted by Gasteiger charge is 2.27. The molecule has 2 aliphatic rings. The van der Waals surface area contributed by atoms with Crippen LogP contribution in [0.3, 0.4) is 0 Å². The molecule has 0 aromatic heterocycles. The summed E-state index contributed by atoms with van der Waals surface area (Å²) in [6.45, 7) is 1.32. The average molecular weight is 475 g/mol. The zero-order valence-electron chi connectivity index (χ0n) is 18.2. The van der Waals surface area contributed by atoms with Gasteiger partial charge in [0.15, 0.2) is 0 Å². The first-order chi connectivity index (χ1) is 15.8. The Morgan fingerprint density at radius 1 is 0.909 bits per heavy atom. The van der Waals surface area contributed by atoms with Crippen LogP contribution in [0.15, 0.2) is 53.4 Å². The van der Waals surface area contributed by atoms with E-state index in [-0.39, 0.29) is 28.7 Å². The van der Waals surface area contributed by atoms with Gasteiger partial charge in [0, 0.05) is 43.5 Å². The van der Waals surface area contributed by atoms with Crippen molar-refractivity contribution in [1.29, 1.82) is 0 Å². The molecule has 0 atom stereocenters. The minimum absolute atomic E-state index is 0.0523. The number of hydrogen-bond acceptors (Lipinski definition) is 4. The molecule has 2 N–H and O–H groups in total. The average Bonchev–Trinajstić information content (AvgIpc) is 3.32. The predicted octanol–water partition coefficient (Wildman–Crippen LogP) is 3.04. The van der Waals surface area contributed by atoms with Gasteiger partial charge >= 0.3 is 6.03 Å². The third-order valence-corrected chi connectivity index (χ3v) is 7.54. The molecule has 33 heavy (non-hydrogen) atoms.